The Morgan fingerprint density at radius 2 is 1.71 bits per heavy atom. The van der Waals surface area contributed by atoms with Crippen molar-refractivity contribution in [2.75, 3.05) is 7.05 Å². The number of benzene rings is 2. The van der Waals surface area contributed by atoms with Gasteiger partial charge in [0.2, 0.25) is 0 Å². The van der Waals surface area contributed by atoms with Crippen LogP contribution in [0.2, 0.25) is 20.1 Å². The molecule has 2 aromatic carbocycles. The Balaban J connectivity index is 2.23. The second kappa shape index (κ2) is 7.57. The topological polar surface area (TPSA) is 21.3 Å². The summed E-state index contributed by atoms with van der Waals surface area (Å²) in [7, 11) is 1.86. The van der Waals surface area contributed by atoms with E-state index < -0.39 is 0 Å². The van der Waals surface area contributed by atoms with Gasteiger partial charge in [-0.1, -0.05) is 46.4 Å². The van der Waals surface area contributed by atoms with Gasteiger partial charge in [0.05, 0.1) is 10.0 Å². The molecule has 0 atom stereocenters. The van der Waals surface area contributed by atoms with Gasteiger partial charge < -0.3 is 10.1 Å². The summed E-state index contributed by atoms with van der Waals surface area (Å²) in [5.74, 6) is 0.723. The largest absolute Gasteiger partial charge is 0.488 e. The fraction of sp³-hybridized carbons (Fsp3) is 0.200. The Labute approximate surface area is 143 Å². The normalized spacial score (nSPS) is 10.7. The quantitative estimate of drug-likeness (QED) is 0.697. The summed E-state index contributed by atoms with van der Waals surface area (Å²) < 4.78 is 5.82. The predicted octanol–water partition coefficient (Wildman–Crippen LogP) is 5.60. The molecule has 6 heteroatoms. The van der Waals surface area contributed by atoms with Crippen molar-refractivity contribution in [1.29, 1.82) is 0 Å². The second-order valence-electron chi connectivity index (χ2n) is 4.39. The van der Waals surface area contributed by atoms with Gasteiger partial charge in [0, 0.05) is 27.7 Å². The zero-order valence-corrected chi connectivity index (χ0v) is 14.2. The van der Waals surface area contributed by atoms with Gasteiger partial charge in [-0.05, 0) is 37.4 Å². The molecule has 112 valence electrons. The average Bonchev–Trinajstić information content (AvgIpc) is 2.45. The molecule has 0 radical (unpaired) electrons. The number of ether oxygens (including phenoxy) is 1. The van der Waals surface area contributed by atoms with Crippen molar-refractivity contribution in [1.82, 2.24) is 5.32 Å². The summed E-state index contributed by atoms with van der Waals surface area (Å²) in [4.78, 5) is 0. The van der Waals surface area contributed by atoms with E-state index in [1.165, 1.54) is 0 Å². The van der Waals surface area contributed by atoms with Crippen LogP contribution in [0.15, 0.2) is 30.3 Å². The summed E-state index contributed by atoms with van der Waals surface area (Å²) in [6.45, 7) is 0.878. The zero-order valence-electron chi connectivity index (χ0n) is 11.2. The van der Waals surface area contributed by atoms with Crippen LogP contribution < -0.4 is 10.1 Å². The third kappa shape index (κ3) is 4.18. The van der Waals surface area contributed by atoms with E-state index in [0.717, 1.165) is 11.3 Å². The zero-order chi connectivity index (χ0) is 15.4. The molecular weight excluding hydrogens is 352 g/mol. The lowest BCUT2D eigenvalue weighted by Crippen LogP contribution is -2.08. The van der Waals surface area contributed by atoms with E-state index in [9.17, 15) is 0 Å². The molecule has 2 aromatic rings. The number of hydrogen-bond acceptors (Lipinski definition) is 2. The van der Waals surface area contributed by atoms with Crippen LogP contribution in [-0.2, 0) is 13.2 Å². The van der Waals surface area contributed by atoms with Crippen molar-refractivity contribution >= 4 is 46.4 Å². The maximum Gasteiger partial charge on any atom is 0.124 e. The summed E-state index contributed by atoms with van der Waals surface area (Å²) in [5.41, 5.74) is 1.62. The minimum absolute atomic E-state index is 0.233. The minimum Gasteiger partial charge on any atom is -0.488 e. The van der Waals surface area contributed by atoms with Gasteiger partial charge in [-0.15, -0.1) is 0 Å². The summed E-state index contributed by atoms with van der Waals surface area (Å²) in [5, 5.41) is 5.11. The molecular formula is C15H13Cl4NO. The highest BCUT2D eigenvalue weighted by Crippen LogP contribution is 2.33. The fourth-order valence-corrected chi connectivity index (χ4v) is 2.72. The van der Waals surface area contributed by atoms with E-state index in [-0.39, 0.29) is 6.61 Å². The van der Waals surface area contributed by atoms with Crippen molar-refractivity contribution in [2.24, 2.45) is 0 Å². The Hall–Kier alpha value is -0.640. The Morgan fingerprint density at radius 3 is 2.43 bits per heavy atom. The lowest BCUT2D eigenvalue weighted by atomic mass is 10.2. The molecule has 0 saturated carbocycles. The van der Waals surface area contributed by atoms with E-state index in [0.29, 0.717) is 32.2 Å². The first kappa shape index (κ1) is 16.7. The van der Waals surface area contributed by atoms with Crippen molar-refractivity contribution < 1.29 is 4.74 Å². The van der Waals surface area contributed by atoms with Gasteiger partial charge in [0.1, 0.15) is 12.4 Å². The molecule has 0 spiro atoms. The lowest BCUT2D eigenvalue weighted by molar-refractivity contribution is 0.302. The third-order valence-corrected chi connectivity index (χ3v) is 4.33. The van der Waals surface area contributed by atoms with E-state index in [1.54, 1.807) is 18.2 Å². The Morgan fingerprint density at radius 1 is 1.00 bits per heavy atom. The van der Waals surface area contributed by atoms with Gasteiger partial charge in [-0.3, -0.25) is 0 Å². The molecule has 2 rings (SSSR count). The summed E-state index contributed by atoms with van der Waals surface area (Å²) in [6, 6.07) is 8.81. The molecule has 0 fully saturated rings. The first-order chi connectivity index (χ1) is 10.0. The first-order valence-electron chi connectivity index (χ1n) is 6.21. The standard InChI is InChI=1S/C15H13Cl4NO/c1-20-7-9-6-10(16)2-5-14(9)21-8-11-12(17)3-4-13(18)15(11)19/h2-6,20H,7-8H2,1H3. The van der Waals surface area contributed by atoms with Gasteiger partial charge in [0.25, 0.3) is 0 Å². The summed E-state index contributed by atoms with van der Waals surface area (Å²) >= 11 is 24.3. The molecule has 0 aliphatic carbocycles. The molecule has 0 heterocycles. The third-order valence-electron chi connectivity index (χ3n) is 2.90. The van der Waals surface area contributed by atoms with E-state index >= 15 is 0 Å². The average molecular weight is 365 g/mol. The van der Waals surface area contributed by atoms with E-state index in [1.807, 2.05) is 19.2 Å². The molecule has 21 heavy (non-hydrogen) atoms. The number of nitrogens with one attached hydrogen (secondary N) is 1. The van der Waals surface area contributed by atoms with Crippen molar-refractivity contribution in [3.63, 3.8) is 0 Å². The maximum atomic E-state index is 6.16. The smallest absolute Gasteiger partial charge is 0.124 e. The molecule has 2 nitrogen and oxygen atoms in total. The van der Waals surface area contributed by atoms with Gasteiger partial charge >= 0.3 is 0 Å². The van der Waals surface area contributed by atoms with Gasteiger partial charge in [-0.2, -0.15) is 0 Å². The predicted molar refractivity (Wildman–Crippen MR) is 90.0 cm³/mol. The maximum absolute atomic E-state index is 6.16. The highest BCUT2D eigenvalue weighted by molar-refractivity contribution is 6.44. The molecule has 1 N–H and O–H groups in total. The highest BCUT2D eigenvalue weighted by Gasteiger charge is 2.12. The summed E-state index contributed by atoms with van der Waals surface area (Å²) in [6.07, 6.45) is 0. The van der Waals surface area contributed by atoms with Crippen molar-refractivity contribution in [3.05, 3.63) is 61.5 Å². The molecule has 0 aromatic heterocycles. The minimum atomic E-state index is 0.233. The van der Waals surface area contributed by atoms with Crippen LogP contribution in [0.5, 0.6) is 5.75 Å². The van der Waals surface area contributed by atoms with Crippen LogP contribution in [0.1, 0.15) is 11.1 Å². The van der Waals surface area contributed by atoms with Crippen LogP contribution in [-0.4, -0.2) is 7.05 Å². The monoisotopic (exact) mass is 363 g/mol. The van der Waals surface area contributed by atoms with Crippen LogP contribution in [0.3, 0.4) is 0 Å². The van der Waals surface area contributed by atoms with Crippen LogP contribution >= 0.6 is 46.4 Å². The molecule has 0 saturated heterocycles. The van der Waals surface area contributed by atoms with Crippen LogP contribution in [0.25, 0.3) is 0 Å². The molecule has 0 bridgehead atoms. The number of rotatable bonds is 5. The first-order valence-corrected chi connectivity index (χ1v) is 7.72. The molecule has 0 unspecified atom stereocenters. The van der Waals surface area contributed by atoms with E-state index in [4.69, 9.17) is 51.1 Å². The van der Waals surface area contributed by atoms with Gasteiger partial charge in [-0.25, -0.2) is 0 Å². The highest BCUT2D eigenvalue weighted by atomic mass is 35.5. The van der Waals surface area contributed by atoms with Gasteiger partial charge in [0.15, 0.2) is 0 Å². The number of halogens is 4. The molecule has 0 amide bonds. The Kier molecular flexibility index (Phi) is 6.03. The lowest BCUT2D eigenvalue weighted by Gasteiger charge is -2.14. The second-order valence-corrected chi connectivity index (χ2v) is 6.02. The fourth-order valence-electron chi connectivity index (χ4n) is 1.87. The van der Waals surface area contributed by atoms with Crippen LogP contribution in [0.4, 0.5) is 0 Å². The number of hydrogen-bond donors (Lipinski definition) is 1. The van der Waals surface area contributed by atoms with Crippen molar-refractivity contribution in [2.45, 2.75) is 13.2 Å². The van der Waals surface area contributed by atoms with Crippen molar-refractivity contribution in [3.8, 4) is 5.75 Å². The molecule has 0 aliphatic rings. The van der Waals surface area contributed by atoms with E-state index in [2.05, 4.69) is 5.32 Å². The van der Waals surface area contributed by atoms with Crippen LogP contribution in [0, 0.1) is 0 Å². The molecule has 0 aliphatic heterocycles. The Bertz CT molecular complexity index is 646. The SMILES string of the molecule is CNCc1cc(Cl)ccc1OCc1c(Cl)ccc(Cl)c1Cl.